The molecular weight excluding hydrogens is 304 g/mol. The van der Waals surface area contributed by atoms with E-state index in [2.05, 4.69) is 34.3 Å². The molecule has 1 aliphatic rings. The van der Waals surface area contributed by atoms with Crippen molar-refractivity contribution in [3.05, 3.63) is 29.7 Å². The Hall–Kier alpha value is -1.63. The molecule has 3 heterocycles. The van der Waals surface area contributed by atoms with Gasteiger partial charge in [0, 0.05) is 37.3 Å². The molecule has 2 N–H and O–H groups in total. The van der Waals surface area contributed by atoms with Crippen LogP contribution >= 0.6 is 0 Å². The minimum Gasteiger partial charge on any atom is -0.460 e. The summed E-state index contributed by atoms with van der Waals surface area (Å²) < 4.78 is 11.2. The van der Waals surface area contributed by atoms with Gasteiger partial charge >= 0.3 is 0 Å². The van der Waals surface area contributed by atoms with Gasteiger partial charge in [-0.3, -0.25) is 10.00 Å². The number of aryl methyl sites for hydroxylation is 1. The van der Waals surface area contributed by atoms with E-state index < -0.39 is 0 Å². The second kappa shape index (κ2) is 7.51. The minimum atomic E-state index is 0.148. The molecule has 0 aromatic carbocycles. The molecule has 24 heavy (non-hydrogen) atoms. The molecule has 0 saturated carbocycles. The smallest absolute Gasteiger partial charge is 0.152 e. The first-order valence-electron chi connectivity index (χ1n) is 8.75. The van der Waals surface area contributed by atoms with E-state index in [4.69, 9.17) is 9.15 Å². The van der Waals surface area contributed by atoms with Crippen LogP contribution in [0.5, 0.6) is 0 Å². The van der Waals surface area contributed by atoms with Crippen LogP contribution in [-0.2, 0) is 11.3 Å². The number of hydrogen-bond acceptors (Lipinski definition) is 5. The third-order valence-electron chi connectivity index (χ3n) is 5.06. The zero-order valence-corrected chi connectivity index (χ0v) is 14.9. The first kappa shape index (κ1) is 17.2. The third kappa shape index (κ3) is 3.71. The zero-order valence-electron chi connectivity index (χ0n) is 14.9. The van der Waals surface area contributed by atoms with Crippen LogP contribution in [0.3, 0.4) is 0 Å². The quantitative estimate of drug-likeness (QED) is 0.816. The molecule has 0 spiro atoms. The molecule has 0 aliphatic carbocycles. The van der Waals surface area contributed by atoms with Crippen molar-refractivity contribution in [3.8, 4) is 11.5 Å². The number of aromatic amines is 1. The molecule has 0 amide bonds. The van der Waals surface area contributed by atoms with Crippen molar-refractivity contribution in [2.75, 3.05) is 32.8 Å². The Morgan fingerprint density at radius 2 is 2.12 bits per heavy atom. The molecule has 6 heteroatoms. The topological polar surface area (TPSA) is 66.3 Å². The van der Waals surface area contributed by atoms with E-state index in [1.54, 1.807) is 0 Å². The van der Waals surface area contributed by atoms with Crippen LogP contribution in [-0.4, -0.2) is 53.5 Å². The molecular formula is C18H28N4O2. The van der Waals surface area contributed by atoms with Gasteiger partial charge in [-0.25, -0.2) is 0 Å². The summed E-state index contributed by atoms with van der Waals surface area (Å²) in [6.45, 7) is 11.9. The molecule has 132 valence electrons. The van der Waals surface area contributed by atoms with Gasteiger partial charge in [-0.2, -0.15) is 5.10 Å². The van der Waals surface area contributed by atoms with Crippen LogP contribution < -0.4 is 5.32 Å². The molecule has 6 nitrogen and oxygen atoms in total. The fourth-order valence-electron chi connectivity index (χ4n) is 3.26. The minimum absolute atomic E-state index is 0.148. The van der Waals surface area contributed by atoms with Crippen molar-refractivity contribution in [1.82, 2.24) is 20.4 Å². The Balaban J connectivity index is 1.61. The van der Waals surface area contributed by atoms with Gasteiger partial charge in [0.1, 0.15) is 11.5 Å². The molecule has 1 aliphatic heterocycles. The number of hydrogen-bond donors (Lipinski definition) is 2. The summed E-state index contributed by atoms with van der Waals surface area (Å²) in [4.78, 5) is 2.54. The standard InChI is InChI=1S/C18H28N4O2/c1-4-18(3,22-7-9-23-10-8-22)13-19-11-15-12-20-21-17(15)16-6-5-14(2)24-16/h5-6,12,19H,4,7-11,13H2,1-3H3,(H,20,21). The summed E-state index contributed by atoms with van der Waals surface area (Å²) in [6.07, 6.45) is 2.98. The van der Waals surface area contributed by atoms with Crippen molar-refractivity contribution >= 4 is 0 Å². The molecule has 1 saturated heterocycles. The largest absolute Gasteiger partial charge is 0.460 e. The average molecular weight is 332 g/mol. The van der Waals surface area contributed by atoms with Crippen LogP contribution in [0.2, 0.25) is 0 Å². The van der Waals surface area contributed by atoms with Crippen LogP contribution in [0.4, 0.5) is 0 Å². The molecule has 2 aromatic heterocycles. The van der Waals surface area contributed by atoms with E-state index in [1.165, 1.54) is 0 Å². The third-order valence-corrected chi connectivity index (χ3v) is 5.06. The van der Waals surface area contributed by atoms with E-state index in [9.17, 15) is 0 Å². The molecule has 0 radical (unpaired) electrons. The SMILES string of the molecule is CCC(C)(CNCc1cn[nH]c1-c1ccc(C)o1)N1CCOCC1. The van der Waals surface area contributed by atoms with E-state index in [1.807, 2.05) is 25.3 Å². The molecule has 3 rings (SSSR count). The first-order chi connectivity index (χ1) is 11.6. The number of ether oxygens (including phenoxy) is 1. The average Bonchev–Trinajstić information content (AvgIpc) is 3.24. The van der Waals surface area contributed by atoms with Gasteiger partial charge in [0.15, 0.2) is 5.76 Å². The van der Waals surface area contributed by atoms with Gasteiger partial charge in [0.05, 0.1) is 19.4 Å². The van der Waals surface area contributed by atoms with Crippen molar-refractivity contribution in [2.24, 2.45) is 0 Å². The summed E-state index contributed by atoms with van der Waals surface area (Å²) in [7, 11) is 0. The fourth-order valence-corrected chi connectivity index (χ4v) is 3.26. The normalized spacial score (nSPS) is 18.6. The molecule has 2 aromatic rings. The lowest BCUT2D eigenvalue weighted by molar-refractivity contribution is -0.0175. The van der Waals surface area contributed by atoms with Gasteiger partial charge < -0.3 is 14.5 Å². The van der Waals surface area contributed by atoms with Crippen LogP contribution in [0, 0.1) is 6.92 Å². The van der Waals surface area contributed by atoms with Gasteiger partial charge in [0.2, 0.25) is 0 Å². The van der Waals surface area contributed by atoms with Crippen molar-refractivity contribution < 1.29 is 9.15 Å². The van der Waals surface area contributed by atoms with Crippen LogP contribution in [0.1, 0.15) is 31.6 Å². The highest BCUT2D eigenvalue weighted by molar-refractivity contribution is 5.56. The van der Waals surface area contributed by atoms with Crippen molar-refractivity contribution in [2.45, 2.75) is 39.3 Å². The summed E-state index contributed by atoms with van der Waals surface area (Å²) >= 11 is 0. The highest BCUT2D eigenvalue weighted by Gasteiger charge is 2.30. The van der Waals surface area contributed by atoms with Gasteiger partial charge in [-0.15, -0.1) is 0 Å². The Bertz CT molecular complexity index is 645. The summed E-state index contributed by atoms with van der Waals surface area (Å²) in [6, 6.07) is 3.95. The molecule has 0 bridgehead atoms. The predicted molar refractivity (Wildman–Crippen MR) is 93.8 cm³/mol. The van der Waals surface area contributed by atoms with Crippen molar-refractivity contribution in [3.63, 3.8) is 0 Å². The number of rotatable bonds is 7. The maximum atomic E-state index is 5.71. The van der Waals surface area contributed by atoms with E-state index in [0.717, 1.165) is 68.6 Å². The summed E-state index contributed by atoms with van der Waals surface area (Å²) in [5.74, 6) is 1.75. The number of nitrogens with one attached hydrogen (secondary N) is 2. The molecule has 1 atom stereocenters. The van der Waals surface area contributed by atoms with Crippen molar-refractivity contribution in [1.29, 1.82) is 0 Å². The highest BCUT2D eigenvalue weighted by atomic mass is 16.5. The fraction of sp³-hybridized carbons (Fsp3) is 0.611. The second-order valence-corrected chi connectivity index (χ2v) is 6.73. The van der Waals surface area contributed by atoms with E-state index in [-0.39, 0.29) is 5.54 Å². The summed E-state index contributed by atoms with van der Waals surface area (Å²) in [5, 5.41) is 10.8. The summed E-state index contributed by atoms with van der Waals surface area (Å²) in [5.41, 5.74) is 2.24. The number of furan rings is 1. The number of morpholine rings is 1. The lowest BCUT2D eigenvalue weighted by atomic mass is 9.95. The van der Waals surface area contributed by atoms with Gasteiger partial charge in [-0.05, 0) is 32.4 Å². The Kier molecular flexibility index (Phi) is 5.38. The van der Waals surface area contributed by atoms with Gasteiger partial charge in [-0.1, -0.05) is 6.92 Å². The predicted octanol–water partition coefficient (Wildman–Crippen LogP) is 2.57. The van der Waals surface area contributed by atoms with Gasteiger partial charge in [0.25, 0.3) is 0 Å². The molecule has 1 fully saturated rings. The first-order valence-corrected chi connectivity index (χ1v) is 8.75. The Morgan fingerprint density at radius 1 is 1.33 bits per heavy atom. The zero-order chi connectivity index (χ0) is 17.0. The number of nitrogens with zero attached hydrogens (tertiary/aromatic N) is 2. The Labute approximate surface area is 143 Å². The lowest BCUT2D eigenvalue weighted by Gasteiger charge is -2.43. The van der Waals surface area contributed by atoms with E-state index >= 15 is 0 Å². The van der Waals surface area contributed by atoms with Crippen LogP contribution in [0.15, 0.2) is 22.7 Å². The second-order valence-electron chi connectivity index (χ2n) is 6.73. The Morgan fingerprint density at radius 3 is 2.79 bits per heavy atom. The maximum absolute atomic E-state index is 5.71. The monoisotopic (exact) mass is 332 g/mol. The number of H-pyrrole nitrogens is 1. The highest BCUT2D eigenvalue weighted by Crippen LogP contribution is 2.24. The van der Waals surface area contributed by atoms with Crippen LogP contribution in [0.25, 0.3) is 11.5 Å². The lowest BCUT2D eigenvalue weighted by Crippen LogP contribution is -2.56. The molecule has 1 unspecified atom stereocenters. The van der Waals surface area contributed by atoms with E-state index in [0.29, 0.717) is 0 Å². The maximum Gasteiger partial charge on any atom is 0.152 e. The number of aromatic nitrogens is 2.